The van der Waals surface area contributed by atoms with Gasteiger partial charge < -0.3 is 0 Å². The van der Waals surface area contributed by atoms with E-state index < -0.39 is 36.3 Å². The number of hydrogen-bond donors (Lipinski definition) is 0. The zero-order valence-electron chi connectivity index (χ0n) is 18.4. The van der Waals surface area contributed by atoms with Gasteiger partial charge in [-0.25, -0.2) is 0 Å². The summed E-state index contributed by atoms with van der Waals surface area (Å²) in [5.41, 5.74) is 0. The highest BCUT2D eigenvalue weighted by Gasteiger charge is 2.07. The van der Waals surface area contributed by atoms with Crippen LogP contribution in [0.4, 0.5) is 0 Å². The summed E-state index contributed by atoms with van der Waals surface area (Å²) in [4.78, 5) is 0. The van der Waals surface area contributed by atoms with Crippen molar-refractivity contribution in [3.8, 4) is 0 Å². The van der Waals surface area contributed by atoms with E-state index >= 15 is 0 Å². The summed E-state index contributed by atoms with van der Waals surface area (Å²) < 4.78 is 81.3. The first kappa shape index (κ1) is 3.82. The Balaban J connectivity index is 2.51. The lowest BCUT2D eigenvalue weighted by atomic mass is 10.0. The molecule has 3 aromatic carbocycles. The molecule has 0 spiro atoms. The number of benzene rings is 3. The van der Waals surface area contributed by atoms with Gasteiger partial charge >= 0.3 is 0 Å². The molecular formula is C16H10S. The van der Waals surface area contributed by atoms with Crippen molar-refractivity contribution >= 4 is 42.3 Å². The molecule has 0 aliphatic carbocycles. The van der Waals surface area contributed by atoms with Gasteiger partial charge in [0.25, 0.3) is 0 Å². The number of hydrogen-bond acceptors (Lipinski definition) is 1. The second-order valence-electron chi connectivity index (χ2n) is 3.51. The van der Waals surface area contributed by atoms with Crippen LogP contribution in [0.3, 0.4) is 0 Å². The summed E-state index contributed by atoms with van der Waals surface area (Å²) in [5.74, 6) is 0. The lowest BCUT2D eigenvalue weighted by molar-refractivity contribution is 1.81. The quantitative estimate of drug-likeness (QED) is 0.398. The number of fused-ring (bicyclic) bond motifs is 5. The molecule has 0 N–H and O–H groups in total. The maximum absolute atomic E-state index is 8.30. The fourth-order valence-corrected chi connectivity index (χ4v) is 2.83. The Morgan fingerprint density at radius 3 is 2.41 bits per heavy atom. The second kappa shape index (κ2) is 3.31. The van der Waals surface area contributed by atoms with Gasteiger partial charge in [0.05, 0.1) is 13.7 Å². The smallest absolute Gasteiger partial charge is 0.0638 e. The molecule has 0 aliphatic rings. The van der Waals surface area contributed by atoms with E-state index in [4.69, 9.17) is 13.7 Å². The summed E-state index contributed by atoms with van der Waals surface area (Å²) in [5, 5.41) is 0.174. The molecule has 4 aromatic rings. The van der Waals surface area contributed by atoms with Crippen LogP contribution in [-0.2, 0) is 0 Å². The first-order chi connectivity index (χ1) is 12.6. The van der Waals surface area contributed by atoms with Gasteiger partial charge in [0.1, 0.15) is 0 Å². The fraction of sp³-hybridized carbons (Fsp3) is 0. The molecule has 0 bridgehead atoms. The molecule has 80 valence electrons. The fourth-order valence-electron chi connectivity index (χ4n) is 1.86. The van der Waals surface area contributed by atoms with Crippen LogP contribution >= 0.6 is 11.3 Å². The molecule has 1 heterocycles. The van der Waals surface area contributed by atoms with Crippen LogP contribution in [0.5, 0.6) is 0 Å². The van der Waals surface area contributed by atoms with Gasteiger partial charge in [-0.3, -0.25) is 0 Å². The van der Waals surface area contributed by atoms with Crippen molar-refractivity contribution in [2.24, 2.45) is 0 Å². The normalized spacial score (nSPS) is 19.8. The monoisotopic (exact) mass is 244 g/mol. The Bertz CT molecular complexity index is 1320. The average Bonchev–Trinajstić information content (AvgIpc) is 3.04. The Morgan fingerprint density at radius 2 is 1.47 bits per heavy atom. The van der Waals surface area contributed by atoms with Crippen molar-refractivity contribution in [3.63, 3.8) is 0 Å². The minimum atomic E-state index is -0.513. The van der Waals surface area contributed by atoms with Crippen LogP contribution in [0.2, 0.25) is 0 Å². The lowest BCUT2D eigenvalue weighted by Gasteiger charge is -1.99. The molecule has 0 amide bonds. The van der Waals surface area contributed by atoms with E-state index in [0.29, 0.717) is 0 Å². The molecule has 4 rings (SSSR count). The molecule has 0 atom stereocenters. The van der Waals surface area contributed by atoms with Gasteiger partial charge in [-0.05, 0) is 22.9 Å². The van der Waals surface area contributed by atoms with Gasteiger partial charge in [0.15, 0.2) is 0 Å². The Labute approximate surface area is 117 Å². The number of thiophene rings is 1. The van der Waals surface area contributed by atoms with E-state index in [1.54, 1.807) is 0 Å². The molecule has 1 heteroatoms. The van der Waals surface area contributed by atoms with Crippen molar-refractivity contribution < 1.29 is 13.7 Å². The highest BCUT2D eigenvalue weighted by molar-refractivity contribution is 7.26. The van der Waals surface area contributed by atoms with Crippen LogP contribution in [-0.4, -0.2) is 0 Å². The van der Waals surface area contributed by atoms with Crippen LogP contribution in [0, 0.1) is 0 Å². The SMILES string of the molecule is [2H]c1c([2H])c([2H])c2c(sc3c([2H])c([2H])c4c([2H])c([2H])c([2H])c([2H])c4c32)c1[2H]. The summed E-state index contributed by atoms with van der Waals surface area (Å²) in [6, 6.07) is -3.93. The van der Waals surface area contributed by atoms with Crippen LogP contribution < -0.4 is 0 Å². The summed E-state index contributed by atoms with van der Waals surface area (Å²) in [7, 11) is 0. The Hall–Kier alpha value is -1.86. The van der Waals surface area contributed by atoms with E-state index in [1.165, 1.54) is 0 Å². The lowest BCUT2D eigenvalue weighted by Crippen LogP contribution is -1.72. The van der Waals surface area contributed by atoms with Crippen molar-refractivity contribution in [2.75, 3.05) is 0 Å². The topological polar surface area (TPSA) is 0 Å². The van der Waals surface area contributed by atoms with Gasteiger partial charge in [-0.1, -0.05) is 48.3 Å². The van der Waals surface area contributed by atoms with Gasteiger partial charge in [-0.2, -0.15) is 0 Å². The van der Waals surface area contributed by atoms with E-state index in [1.807, 2.05) is 0 Å². The summed E-state index contributed by atoms with van der Waals surface area (Å²) in [6.07, 6.45) is 0. The largest absolute Gasteiger partial charge is 0.135 e. The van der Waals surface area contributed by atoms with Crippen LogP contribution in [0.25, 0.3) is 30.9 Å². The molecule has 0 saturated heterocycles. The predicted octanol–water partition coefficient (Wildman–Crippen LogP) is 5.21. The summed E-state index contributed by atoms with van der Waals surface area (Å²) in [6.45, 7) is 0. The first-order valence-electron chi connectivity index (χ1n) is 9.91. The maximum atomic E-state index is 8.30. The van der Waals surface area contributed by atoms with E-state index in [0.717, 1.165) is 11.3 Å². The zero-order chi connectivity index (χ0) is 19.9. The predicted molar refractivity (Wildman–Crippen MR) is 76.8 cm³/mol. The molecule has 0 radical (unpaired) electrons. The van der Waals surface area contributed by atoms with Crippen molar-refractivity contribution in [1.29, 1.82) is 0 Å². The highest BCUT2D eigenvalue weighted by atomic mass is 32.1. The third-order valence-electron chi connectivity index (χ3n) is 2.57. The van der Waals surface area contributed by atoms with Crippen molar-refractivity contribution in [1.82, 2.24) is 0 Å². The molecular weight excluding hydrogens is 224 g/mol. The average molecular weight is 244 g/mol. The van der Waals surface area contributed by atoms with Crippen molar-refractivity contribution in [3.05, 3.63) is 60.4 Å². The molecule has 0 saturated carbocycles. The van der Waals surface area contributed by atoms with Crippen LogP contribution in [0.1, 0.15) is 13.7 Å². The van der Waals surface area contributed by atoms with E-state index in [-0.39, 0.29) is 55.1 Å². The van der Waals surface area contributed by atoms with E-state index in [2.05, 4.69) is 0 Å². The highest BCUT2D eigenvalue weighted by Crippen LogP contribution is 2.37. The molecule has 1 aromatic heterocycles. The second-order valence-corrected chi connectivity index (χ2v) is 4.53. The molecule has 0 aliphatic heterocycles. The molecule has 0 nitrogen and oxygen atoms in total. The Kier molecular flexibility index (Phi) is 0.745. The molecule has 0 fully saturated rings. The third kappa shape index (κ3) is 1.23. The van der Waals surface area contributed by atoms with Gasteiger partial charge in [-0.15, -0.1) is 11.3 Å². The van der Waals surface area contributed by atoms with Crippen LogP contribution in [0.15, 0.2) is 60.4 Å². The standard InChI is InChI=1S/C16H10S/c1-2-6-12-11(5-1)9-10-15-16(12)13-7-3-4-8-14(13)17-15/h1-10H/i1D,2D,3D,4D,5D,6D,7D,8D,9D,10D. The molecule has 0 unspecified atom stereocenters. The maximum Gasteiger partial charge on any atom is 0.0638 e. The minimum Gasteiger partial charge on any atom is -0.135 e. The zero-order valence-corrected chi connectivity index (χ0v) is 9.22. The summed E-state index contributed by atoms with van der Waals surface area (Å²) >= 11 is 0.935. The first-order valence-corrected chi connectivity index (χ1v) is 5.72. The molecule has 17 heavy (non-hydrogen) atoms. The number of rotatable bonds is 0. The van der Waals surface area contributed by atoms with Gasteiger partial charge in [0, 0.05) is 20.2 Å². The minimum absolute atomic E-state index is 0.00767. The Morgan fingerprint density at radius 1 is 0.706 bits per heavy atom. The third-order valence-corrected chi connectivity index (χ3v) is 3.59. The van der Waals surface area contributed by atoms with Gasteiger partial charge in [0.2, 0.25) is 0 Å². The van der Waals surface area contributed by atoms with Crippen molar-refractivity contribution in [2.45, 2.75) is 0 Å². The van der Waals surface area contributed by atoms with E-state index in [9.17, 15) is 0 Å².